The summed E-state index contributed by atoms with van der Waals surface area (Å²) in [6.07, 6.45) is 0.956. The van der Waals surface area contributed by atoms with E-state index in [0.29, 0.717) is 11.5 Å². The largest absolute Gasteiger partial charge is 0.475 e. The van der Waals surface area contributed by atoms with Crippen LogP contribution in [0.2, 0.25) is 0 Å². The first kappa shape index (κ1) is 12.1. The number of carboxylic acids is 1. The summed E-state index contributed by atoms with van der Waals surface area (Å²) in [6.45, 7) is 1.97. The molecule has 3 N–H and O–H groups in total. The van der Waals surface area contributed by atoms with Gasteiger partial charge in [0.25, 0.3) is 0 Å². The van der Waals surface area contributed by atoms with Gasteiger partial charge < -0.3 is 15.3 Å². The van der Waals surface area contributed by atoms with Crippen LogP contribution in [-0.2, 0) is 5.75 Å². The van der Waals surface area contributed by atoms with Crippen LogP contribution in [0, 0.1) is 0 Å². The van der Waals surface area contributed by atoms with Crippen LogP contribution < -0.4 is 5.73 Å². The second kappa shape index (κ2) is 5.82. The van der Waals surface area contributed by atoms with Gasteiger partial charge in [0, 0.05) is 6.04 Å². The lowest BCUT2D eigenvalue weighted by Gasteiger charge is -2.02. The molecule has 4 nitrogen and oxygen atoms in total. The van der Waals surface area contributed by atoms with Gasteiger partial charge >= 0.3 is 5.97 Å². The molecule has 15 heavy (non-hydrogen) atoms. The quantitative estimate of drug-likeness (QED) is 0.729. The molecule has 0 bridgehead atoms. The Morgan fingerprint density at radius 2 is 2.40 bits per heavy atom. The molecule has 1 heterocycles. The predicted molar refractivity (Wildman–Crippen MR) is 60.1 cm³/mol. The molecular formula is C10H15NO3S. The van der Waals surface area contributed by atoms with E-state index in [2.05, 4.69) is 0 Å². The number of aromatic carboxylic acids is 1. The van der Waals surface area contributed by atoms with Gasteiger partial charge in [-0.1, -0.05) is 0 Å². The molecule has 0 radical (unpaired) electrons. The summed E-state index contributed by atoms with van der Waals surface area (Å²) in [6, 6.07) is 3.38. The molecule has 0 spiro atoms. The van der Waals surface area contributed by atoms with Gasteiger partial charge in [0.1, 0.15) is 5.76 Å². The van der Waals surface area contributed by atoms with Crippen molar-refractivity contribution in [2.75, 3.05) is 5.75 Å². The Bertz CT molecular complexity index is 322. The van der Waals surface area contributed by atoms with Crippen LogP contribution in [0.5, 0.6) is 0 Å². The van der Waals surface area contributed by atoms with E-state index >= 15 is 0 Å². The first-order valence-corrected chi connectivity index (χ1v) is 5.90. The highest BCUT2D eigenvalue weighted by Crippen LogP contribution is 2.16. The van der Waals surface area contributed by atoms with E-state index in [1.54, 1.807) is 17.8 Å². The lowest BCUT2D eigenvalue weighted by atomic mass is 10.3. The number of furan rings is 1. The topological polar surface area (TPSA) is 76.5 Å². The molecule has 1 aromatic heterocycles. The molecule has 1 rings (SSSR count). The smallest absolute Gasteiger partial charge is 0.371 e. The lowest BCUT2D eigenvalue weighted by Crippen LogP contribution is -2.15. The fourth-order valence-electron chi connectivity index (χ4n) is 1.01. The highest BCUT2D eigenvalue weighted by Gasteiger charge is 2.08. The zero-order valence-electron chi connectivity index (χ0n) is 8.60. The Labute approximate surface area is 92.8 Å². The van der Waals surface area contributed by atoms with E-state index in [-0.39, 0.29) is 11.8 Å². The van der Waals surface area contributed by atoms with Crippen LogP contribution in [-0.4, -0.2) is 22.9 Å². The van der Waals surface area contributed by atoms with Gasteiger partial charge in [0.15, 0.2) is 0 Å². The summed E-state index contributed by atoms with van der Waals surface area (Å²) < 4.78 is 5.10. The van der Waals surface area contributed by atoms with Crippen molar-refractivity contribution >= 4 is 17.7 Å². The van der Waals surface area contributed by atoms with Gasteiger partial charge in [0.2, 0.25) is 5.76 Å². The third-order valence-electron chi connectivity index (χ3n) is 1.83. The zero-order chi connectivity index (χ0) is 11.3. The van der Waals surface area contributed by atoms with Gasteiger partial charge in [0.05, 0.1) is 5.75 Å². The normalized spacial score (nSPS) is 12.7. The molecule has 1 unspecified atom stereocenters. The van der Waals surface area contributed by atoms with Crippen LogP contribution in [0.3, 0.4) is 0 Å². The SMILES string of the molecule is CC(N)CCSCc1ccc(C(=O)O)o1. The maximum absolute atomic E-state index is 10.5. The van der Waals surface area contributed by atoms with Crippen LogP contribution >= 0.6 is 11.8 Å². The number of carbonyl (C=O) groups is 1. The van der Waals surface area contributed by atoms with Crippen molar-refractivity contribution < 1.29 is 14.3 Å². The van der Waals surface area contributed by atoms with Gasteiger partial charge in [-0.15, -0.1) is 0 Å². The van der Waals surface area contributed by atoms with Crippen molar-refractivity contribution in [3.8, 4) is 0 Å². The number of hydrogen-bond acceptors (Lipinski definition) is 4. The molecule has 0 aliphatic heterocycles. The Balaban J connectivity index is 2.29. The van der Waals surface area contributed by atoms with Gasteiger partial charge in [-0.3, -0.25) is 0 Å². The molecule has 1 atom stereocenters. The lowest BCUT2D eigenvalue weighted by molar-refractivity contribution is 0.0661. The fourth-order valence-corrected chi connectivity index (χ4v) is 2.05. The summed E-state index contributed by atoms with van der Waals surface area (Å²) in [5, 5.41) is 8.63. The van der Waals surface area contributed by atoms with Crippen molar-refractivity contribution in [3.05, 3.63) is 23.7 Å². The average Bonchev–Trinajstić information content (AvgIpc) is 2.60. The fraction of sp³-hybridized carbons (Fsp3) is 0.500. The van der Waals surface area contributed by atoms with E-state index in [4.69, 9.17) is 15.3 Å². The number of hydrogen-bond donors (Lipinski definition) is 2. The van der Waals surface area contributed by atoms with Crippen molar-refractivity contribution in [1.82, 2.24) is 0 Å². The van der Waals surface area contributed by atoms with E-state index < -0.39 is 5.97 Å². The van der Waals surface area contributed by atoms with Crippen LogP contribution in [0.15, 0.2) is 16.5 Å². The highest BCUT2D eigenvalue weighted by molar-refractivity contribution is 7.98. The molecule has 0 aliphatic rings. The summed E-state index contributed by atoms with van der Waals surface area (Å²) in [7, 11) is 0. The van der Waals surface area contributed by atoms with E-state index in [0.717, 1.165) is 12.2 Å². The molecule has 84 valence electrons. The number of thioether (sulfide) groups is 1. The molecule has 0 saturated heterocycles. The molecular weight excluding hydrogens is 214 g/mol. The minimum atomic E-state index is -1.03. The Hall–Kier alpha value is -0.940. The molecule has 0 aromatic carbocycles. The third-order valence-corrected chi connectivity index (χ3v) is 2.85. The Morgan fingerprint density at radius 1 is 1.67 bits per heavy atom. The zero-order valence-corrected chi connectivity index (χ0v) is 9.42. The first-order valence-electron chi connectivity index (χ1n) is 4.75. The van der Waals surface area contributed by atoms with Crippen LogP contribution in [0.1, 0.15) is 29.7 Å². The minimum absolute atomic E-state index is 0.00204. The minimum Gasteiger partial charge on any atom is -0.475 e. The second-order valence-electron chi connectivity index (χ2n) is 3.39. The number of rotatable bonds is 6. The van der Waals surface area contributed by atoms with Crippen molar-refractivity contribution in [2.24, 2.45) is 5.73 Å². The van der Waals surface area contributed by atoms with Crippen LogP contribution in [0.4, 0.5) is 0 Å². The summed E-state index contributed by atoms with van der Waals surface area (Å²) in [5.74, 6) is 1.32. The van der Waals surface area contributed by atoms with E-state index in [1.165, 1.54) is 6.07 Å². The molecule has 0 amide bonds. The highest BCUT2D eigenvalue weighted by atomic mass is 32.2. The monoisotopic (exact) mass is 229 g/mol. The number of carboxylic acid groups (broad SMARTS) is 1. The molecule has 0 aliphatic carbocycles. The second-order valence-corrected chi connectivity index (χ2v) is 4.49. The van der Waals surface area contributed by atoms with Gasteiger partial charge in [-0.25, -0.2) is 4.79 Å². The molecule has 0 fully saturated rings. The maximum atomic E-state index is 10.5. The van der Waals surface area contributed by atoms with E-state index in [1.807, 2.05) is 6.92 Å². The van der Waals surface area contributed by atoms with Gasteiger partial charge in [-0.2, -0.15) is 11.8 Å². The third kappa shape index (κ3) is 4.40. The van der Waals surface area contributed by atoms with Crippen molar-refractivity contribution in [2.45, 2.75) is 25.1 Å². The Morgan fingerprint density at radius 3 is 2.93 bits per heavy atom. The van der Waals surface area contributed by atoms with Crippen molar-refractivity contribution in [3.63, 3.8) is 0 Å². The predicted octanol–water partition coefficient (Wildman–Crippen LogP) is 1.95. The van der Waals surface area contributed by atoms with Crippen LogP contribution in [0.25, 0.3) is 0 Å². The number of nitrogens with two attached hydrogens (primary N) is 1. The summed E-state index contributed by atoms with van der Waals surface area (Å²) in [5.41, 5.74) is 5.60. The molecule has 5 heteroatoms. The average molecular weight is 229 g/mol. The standard InChI is InChI=1S/C10H15NO3S/c1-7(11)4-5-15-6-8-2-3-9(14-8)10(12)13/h2-3,7H,4-6,11H2,1H3,(H,12,13). The van der Waals surface area contributed by atoms with Gasteiger partial charge in [-0.05, 0) is 31.2 Å². The van der Waals surface area contributed by atoms with Crippen molar-refractivity contribution in [1.29, 1.82) is 0 Å². The first-order chi connectivity index (χ1) is 7.09. The maximum Gasteiger partial charge on any atom is 0.371 e. The molecule has 0 saturated carbocycles. The molecule has 1 aromatic rings. The van der Waals surface area contributed by atoms with E-state index in [9.17, 15) is 4.79 Å². The Kier molecular flexibility index (Phi) is 4.71. The summed E-state index contributed by atoms with van der Waals surface area (Å²) >= 11 is 1.69. The summed E-state index contributed by atoms with van der Waals surface area (Å²) in [4.78, 5) is 10.5.